The van der Waals surface area contributed by atoms with Gasteiger partial charge in [0, 0.05) is 22.9 Å². The standard InChI is InChI=1S/C17H19NO3/c1-18-7-6-17-10-3-5-13(20)16(17)21-15-12(19)4-2-9(14(15)17)8-11(10)18/h2-5,10-11,13,16,19-20H,6-8H2,1H3/t10-,11+,13-,16-,17-/m0/s1/i2D. The molecule has 1 aromatic carbocycles. The highest BCUT2D eigenvalue weighted by molar-refractivity contribution is 5.61. The van der Waals surface area contributed by atoms with E-state index in [0.717, 1.165) is 30.5 Å². The van der Waals surface area contributed by atoms with Crippen molar-refractivity contribution in [2.24, 2.45) is 5.92 Å². The maximum Gasteiger partial charge on any atom is 0.165 e. The first-order valence-corrected chi connectivity index (χ1v) is 7.63. The first-order chi connectivity index (χ1) is 10.5. The van der Waals surface area contributed by atoms with Crippen LogP contribution < -0.4 is 4.74 Å². The van der Waals surface area contributed by atoms with Crippen LogP contribution in [0.2, 0.25) is 0 Å². The third kappa shape index (κ3) is 1.21. The first-order valence-electron chi connectivity index (χ1n) is 8.13. The number of hydrogen-bond acceptors (Lipinski definition) is 4. The second-order valence-corrected chi connectivity index (χ2v) is 6.84. The number of piperidine rings is 1. The molecule has 2 N–H and O–H groups in total. The number of hydrogen-bond donors (Lipinski definition) is 2. The maximum atomic E-state index is 10.5. The van der Waals surface area contributed by atoms with Gasteiger partial charge in [-0.2, -0.15) is 0 Å². The van der Waals surface area contributed by atoms with E-state index in [1.807, 2.05) is 6.08 Å². The summed E-state index contributed by atoms with van der Waals surface area (Å²) in [5.74, 6) is 0.817. The van der Waals surface area contributed by atoms with Crippen molar-refractivity contribution in [1.29, 1.82) is 0 Å². The van der Waals surface area contributed by atoms with Crippen LogP contribution in [-0.4, -0.2) is 47.0 Å². The number of phenolic OH excluding ortho intramolecular Hbond substituents is 1. The molecule has 0 aromatic heterocycles. The van der Waals surface area contributed by atoms with Crippen molar-refractivity contribution in [3.05, 3.63) is 35.4 Å². The average Bonchev–Trinajstić information content (AvgIpc) is 2.83. The number of benzene rings is 1. The molecule has 5 atom stereocenters. The summed E-state index contributed by atoms with van der Waals surface area (Å²) < 4.78 is 14.3. The second kappa shape index (κ2) is 3.62. The highest BCUT2D eigenvalue weighted by Crippen LogP contribution is 2.62. The minimum Gasteiger partial charge on any atom is -0.504 e. The molecule has 2 heterocycles. The van der Waals surface area contributed by atoms with Crippen molar-refractivity contribution >= 4 is 0 Å². The molecule has 0 saturated carbocycles. The Bertz CT molecular complexity index is 718. The van der Waals surface area contributed by atoms with E-state index in [1.54, 1.807) is 0 Å². The van der Waals surface area contributed by atoms with Crippen LogP contribution in [0, 0.1) is 5.92 Å². The van der Waals surface area contributed by atoms with Gasteiger partial charge >= 0.3 is 0 Å². The molecular formula is C17H19NO3. The lowest BCUT2D eigenvalue weighted by Crippen LogP contribution is -2.64. The van der Waals surface area contributed by atoms with Gasteiger partial charge in [0.15, 0.2) is 11.5 Å². The number of likely N-dealkylation sites (N-methyl/N-ethyl adjacent to an activating group) is 1. The van der Waals surface area contributed by atoms with Crippen LogP contribution in [0.25, 0.3) is 0 Å². The zero-order valence-electron chi connectivity index (χ0n) is 12.9. The highest BCUT2D eigenvalue weighted by atomic mass is 16.5. The number of rotatable bonds is 0. The molecule has 2 aliphatic carbocycles. The van der Waals surface area contributed by atoms with Gasteiger partial charge < -0.3 is 19.8 Å². The Kier molecular flexibility index (Phi) is 1.92. The summed E-state index contributed by atoms with van der Waals surface area (Å²) in [6, 6.07) is 2.20. The molecule has 110 valence electrons. The number of aliphatic hydroxyl groups is 1. The van der Waals surface area contributed by atoms with Crippen LogP contribution in [0.3, 0.4) is 0 Å². The molecule has 1 aromatic rings. The third-order valence-electron chi connectivity index (χ3n) is 6.06. The maximum absolute atomic E-state index is 10.5. The van der Waals surface area contributed by atoms with Crippen LogP contribution >= 0.6 is 0 Å². The molecule has 4 aliphatic rings. The molecule has 0 unspecified atom stereocenters. The van der Waals surface area contributed by atoms with E-state index in [2.05, 4.69) is 18.0 Å². The largest absolute Gasteiger partial charge is 0.504 e. The van der Waals surface area contributed by atoms with Gasteiger partial charge in [-0.05, 0) is 38.1 Å². The third-order valence-corrected chi connectivity index (χ3v) is 6.06. The molecule has 5 rings (SSSR count). The number of phenols is 1. The summed E-state index contributed by atoms with van der Waals surface area (Å²) in [5, 5.41) is 20.7. The van der Waals surface area contributed by atoms with Crippen molar-refractivity contribution in [2.45, 2.75) is 36.5 Å². The second-order valence-electron chi connectivity index (χ2n) is 6.84. The lowest BCUT2D eigenvalue weighted by Gasteiger charge is -2.56. The van der Waals surface area contributed by atoms with E-state index in [1.165, 1.54) is 6.07 Å². The van der Waals surface area contributed by atoms with Crippen molar-refractivity contribution in [3.8, 4) is 11.5 Å². The molecule has 0 amide bonds. The molecule has 4 heteroatoms. The molecule has 2 bridgehead atoms. The fraction of sp³-hybridized carbons (Fsp3) is 0.529. The smallest absolute Gasteiger partial charge is 0.165 e. The number of nitrogens with zero attached hydrogens (tertiary/aromatic N) is 1. The van der Waals surface area contributed by atoms with Gasteiger partial charge in [0.1, 0.15) is 12.2 Å². The number of aliphatic hydroxyl groups excluding tert-OH is 1. The van der Waals surface area contributed by atoms with Gasteiger partial charge in [-0.1, -0.05) is 18.2 Å². The molecule has 1 saturated heterocycles. The first kappa shape index (κ1) is 11.1. The van der Waals surface area contributed by atoms with E-state index in [9.17, 15) is 10.2 Å². The van der Waals surface area contributed by atoms with Crippen molar-refractivity contribution in [2.75, 3.05) is 13.6 Å². The predicted octanol–water partition coefficient (Wildman–Crippen LogP) is 1.20. The van der Waals surface area contributed by atoms with Crippen molar-refractivity contribution in [3.63, 3.8) is 0 Å². The SMILES string of the molecule is [2H]c1cc(O)c2c3c1C[C@@H]1[C@@H]4C=C[C@H](O)[C@H](O2)[C@]34CCN1C. The van der Waals surface area contributed by atoms with E-state index in [-0.39, 0.29) is 23.2 Å². The fourth-order valence-electron chi connectivity index (χ4n) is 5.14. The normalized spacial score (nSPS) is 43.2. The van der Waals surface area contributed by atoms with Gasteiger partial charge in [0.2, 0.25) is 0 Å². The minimum atomic E-state index is -0.660. The number of ether oxygens (including phenoxy) is 1. The number of aromatic hydroxyl groups is 1. The summed E-state index contributed by atoms with van der Waals surface area (Å²) in [6.07, 6.45) is 4.67. The van der Waals surface area contributed by atoms with Gasteiger partial charge in [-0.25, -0.2) is 0 Å². The Morgan fingerprint density at radius 1 is 1.48 bits per heavy atom. The van der Waals surface area contributed by atoms with E-state index in [4.69, 9.17) is 6.11 Å². The van der Waals surface area contributed by atoms with Gasteiger partial charge in [0.05, 0.1) is 1.37 Å². The molecule has 4 nitrogen and oxygen atoms in total. The quantitative estimate of drug-likeness (QED) is 0.704. The van der Waals surface area contributed by atoms with Crippen LogP contribution in [0.4, 0.5) is 0 Å². The van der Waals surface area contributed by atoms with Crippen molar-refractivity contribution in [1.82, 2.24) is 4.90 Å². The van der Waals surface area contributed by atoms with Crippen molar-refractivity contribution < 1.29 is 16.3 Å². The molecule has 21 heavy (non-hydrogen) atoms. The fourth-order valence-corrected chi connectivity index (χ4v) is 5.14. The summed E-state index contributed by atoms with van der Waals surface area (Å²) in [6.45, 7) is 0.948. The van der Waals surface area contributed by atoms with E-state index in [0.29, 0.717) is 17.8 Å². The molecule has 0 radical (unpaired) electrons. The summed E-state index contributed by atoms with van der Waals surface area (Å²) >= 11 is 0. The summed E-state index contributed by atoms with van der Waals surface area (Å²) in [4.78, 5) is 2.36. The Balaban J connectivity index is 1.87. The Morgan fingerprint density at radius 2 is 2.33 bits per heavy atom. The Labute approximate surface area is 125 Å². The predicted molar refractivity (Wildman–Crippen MR) is 77.6 cm³/mol. The van der Waals surface area contributed by atoms with Gasteiger partial charge in [-0.15, -0.1) is 0 Å². The minimum absolute atomic E-state index is 0.0378. The van der Waals surface area contributed by atoms with E-state index >= 15 is 0 Å². The highest BCUT2D eigenvalue weighted by Gasteiger charge is 2.64. The monoisotopic (exact) mass is 286 g/mol. The lowest BCUT2D eigenvalue weighted by atomic mass is 9.53. The molecule has 2 aliphatic heterocycles. The zero-order chi connectivity index (χ0) is 15.2. The zero-order valence-corrected chi connectivity index (χ0v) is 11.9. The Morgan fingerprint density at radius 3 is 3.19 bits per heavy atom. The summed E-state index contributed by atoms with van der Waals surface area (Å²) in [7, 11) is 2.14. The van der Waals surface area contributed by atoms with Crippen LogP contribution in [0.15, 0.2) is 24.3 Å². The van der Waals surface area contributed by atoms with Crippen LogP contribution in [0.1, 0.15) is 18.9 Å². The molecule has 1 fully saturated rings. The van der Waals surface area contributed by atoms with Gasteiger partial charge in [-0.3, -0.25) is 0 Å². The van der Waals surface area contributed by atoms with Gasteiger partial charge in [0.25, 0.3) is 0 Å². The number of likely N-dealkylation sites (tertiary alicyclic amines) is 1. The van der Waals surface area contributed by atoms with Crippen LogP contribution in [-0.2, 0) is 11.8 Å². The van der Waals surface area contributed by atoms with Crippen LogP contribution in [0.5, 0.6) is 11.5 Å². The topological polar surface area (TPSA) is 52.9 Å². The summed E-state index contributed by atoms with van der Waals surface area (Å²) in [5.41, 5.74) is 1.70. The lowest BCUT2D eigenvalue weighted by molar-refractivity contribution is -0.0453. The average molecular weight is 286 g/mol. The molecule has 1 spiro atoms. The van der Waals surface area contributed by atoms with E-state index < -0.39 is 6.10 Å². The Hall–Kier alpha value is -1.52. The molecular weight excluding hydrogens is 266 g/mol.